The molecule has 0 saturated heterocycles. The zero-order chi connectivity index (χ0) is 7.56. The van der Waals surface area contributed by atoms with Crippen LogP contribution in [0.2, 0.25) is 5.22 Å². The number of hydrogen-bond acceptors (Lipinski definition) is 3. The van der Waals surface area contributed by atoms with Crippen molar-refractivity contribution in [3.63, 3.8) is 0 Å². The van der Waals surface area contributed by atoms with Crippen LogP contribution in [0.1, 0.15) is 6.92 Å². The molecule has 0 bridgehead atoms. The first-order chi connectivity index (χ1) is 4.68. The van der Waals surface area contributed by atoms with E-state index in [0.29, 0.717) is 0 Å². The third kappa shape index (κ3) is 1.77. The van der Waals surface area contributed by atoms with Gasteiger partial charge in [0.2, 0.25) is 0 Å². The summed E-state index contributed by atoms with van der Waals surface area (Å²) in [4.78, 5) is 10.3. The summed E-state index contributed by atoms with van der Waals surface area (Å²) in [5, 5.41) is 0.205. The van der Waals surface area contributed by atoms with Gasteiger partial charge in [-0.1, -0.05) is 0 Å². The van der Waals surface area contributed by atoms with Gasteiger partial charge in [0.05, 0.1) is 0 Å². The topological polar surface area (TPSA) is 39.4 Å². The Labute approximate surface area is 62.5 Å². The van der Waals surface area contributed by atoms with Gasteiger partial charge in [-0.3, -0.25) is 4.79 Å². The molecule has 0 N–H and O–H groups in total. The summed E-state index contributed by atoms with van der Waals surface area (Å²) in [5.41, 5.74) is 0. The second kappa shape index (κ2) is 2.75. The third-order valence-corrected chi connectivity index (χ3v) is 0.996. The predicted octanol–water partition coefficient (Wildman–Crippen LogP) is 1.86. The molecule has 0 aliphatic carbocycles. The second-order valence-corrected chi connectivity index (χ2v) is 2.02. The summed E-state index contributed by atoms with van der Waals surface area (Å²) < 4.78 is 9.26. The summed E-state index contributed by atoms with van der Waals surface area (Å²) in [6.45, 7) is 1.29. The summed E-state index contributed by atoms with van der Waals surface area (Å²) in [6.07, 6.45) is 0. The number of rotatable bonds is 1. The maximum atomic E-state index is 10.3. The van der Waals surface area contributed by atoms with Crippen molar-refractivity contribution in [1.82, 2.24) is 0 Å². The van der Waals surface area contributed by atoms with Crippen LogP contribution in [-0.2, 0) is 4.79 Å². The van der Waals surface area contributed by atoms with Gasteiger partial charge in [0, 0.05) is 19.1 Å². The van der Waals surface area contributed by atoms with Crippen molar-refractivity contribution in [2.24, 2.45) is 0 Å². The molecule has 0 aliphatic heterocycles. The molecule has 0 aliphatic rings. The van der Waals surface area contributed by atoms with Crippen LogP contribution >= 0.6 is 11.6 Å². The fraction of sp³-hybridized carbons (Fsp3) is 0.167. The predicted molar refractivity (Wildman–Crippen MR) is 35.0 cm³/mol. The van der Waals surface area contributed by atoms with Crippen molar-refractivity contribution in [2.75, 3.05) is 0 Å². The summed E-state index contributed by atoms with van der Waals surface area (Å²) in [5.74, 6) is -0.302. The van der Waals surface area contributed by atoms with Gasteiger partial charge in [-0.15, -0.1) is 0 Å². The molecule has 0 aromatic carbocycles. The highest BCUT2D eigenvalue weighted by molar-refractivity contribution is 6.28. The van der Waals surface area contributed by atoms with Gasteiger partial charge in [-0.05, 0) is 11.6 Å². The van der Waals surface area contributed by atoms with E-state index in [0.717, 1.165) is 0 Å². The fourth-order valence-corrected chi connectivity index (χ4v) is 0.633. The van der Waals surface area contributed by atoms with Gasteiger partial charge in [0.1, 0.15) is 0 Å². The second-order valence-electron chi connectivity index (χ2n) is 1.65. The molecule has 1 aromatic rings. The maximum absolute atomic E-state index is 10.3. The van der Waals surface area contributed by atoms with Crippen molar-refractivity contribution in [3.8, 4) is 5.95 Å². The van der Waals surface area contributed by atoms with Crippen molar-refractivity contribution < 1.29 is 13.9 Å². The quantitative estimate of drug-likeness (QED) is 0.589. The minimum Gasteiger partial charge on any atom is -0.413 e. The molecule has 1 rings (SSSR count). The molecule has 0 spiro atoms. The zero-order valence-electron chi connectivity index (χ0n) is 5.26. The van der Waals surface area contributed by atoms with Gasteiger partial charge in [0.25, 0.3) is 5.95 Å². The van der Waals surface area contributed by atoms with E-state index in [9.17, 15) is 4.79 Å². The minimum absolute atomic E-state index is 0.123. The number of hydrogen-bond donors (Lipinski definition) is 0. The molecule has 0 saturated carbocycles. The molecular weight excluding hydrogens is 156 g/mol. The number of halogens is 1. The Hall–Kier alpha value is -0.960. The molecule has 54 valence electrons. The minimum atomic E-state index is -0.425. The number of furan rings is 1. The van der Waals surface area contributed by atoms with E-state index in [2.05, 4.69) is 4.74 Å². The third-order valence-electron chi connectivity index (χ3n) is 0.793. The van der Waals surface area contributed by atoms with Crippen LogP contribution in [0.5, 0.6) is 5.95 Å². The van der Waals surface area contributed by atoms with E-state index < -0.39 is 5.97 Å². The molecule has 1 heterocycles. The lowest BCUT2D eigenvalue weighted by molar-refractivity contribution is -0.133. The van der Waals surface area contributed by atoms with E-state index in [4.69, 9.17) is 16.0 Å². The van der Waals surface area contributed by atoms with Gasteiger partial charge >= 0.3 is 5.97 Å². The van der Waals surface area contributed by atoms with Crippen LogP contribution in [0.25, 0.3) is 0 Å². The van der Waals surface area contributed by atoms with E-state index in [-0.39, 0.29) is 11.2 Å². The highest BCUT2D eigenvalue weighted by Crippen LogP contribution is 2.19. The summed E-state index contributed by atoms with van der Waals surface area (Å²) in [7, 11) is 0. The number of esters is 1. The normalized spacial score (nSPS) is 9.40. The van der Waals surface area contributed by atoms with Crippen LogP contribution in [0.3, 0.4) is 0 Å². The fourth-order valence-electron chi connectivity index (χ4n) is 0.494. The molecule has 0 radical (unpaired) electrons. The first-order valence-electron chi connectivity index (χ1n) is 2.62. The number of carbonyl (C=O) groups is 1. The highest BCUT2D eigenvalue weighted by atomic mass is 35.5. The Morgan fingerprint density at radius 2 is 2.40 bits per heavy atom. The van der Waals surface area contributed by atoms with Crippen molar-refractivity contribution in [1.29, 1.82) is 0 Å². The van der Waals surface area contributed by atoms with Crippen LogP contribution in [0, 0.1) is 0 Å². The van der Waals surface area contributed by atoms with Crippen molar-refractivity contribution >= 4 is 17.6 Å². The van der Waals surface area contributed by atoms with Crippen LogP contribution < -0.4 is 4.74 Å². The Kier molecular flexibility index (Phi) is 1.97. The molecule has 1 aromatic heterocycles. The summed E-state index contributed by atoms with van der Waals surface area (Å²) >= 11 is 5.39. The standard InChI is InChI=1S/C6H5ClO3/c1-4(8)9-6-3-2-5(7)10-6/h2-3H,1H3. The van der Waals surface area contributed by atoms with Gasteiger partial charge in [-0.2, -0.15) is 0 Å². The highest BCUT2D eigenvalue weighted by Gasteiger charge is 2.01. The summed E-state index contributed by atoms with van der Waals surface area (Å²) in [6, 6.07) is 2.98. The van der Waals surface area contributed by atoms with E-state index in [1.54, 1.807) is 0 Å². The van der Waals surface area contributed by atoms with E-state index in [1.807, 2.05) is 0 Å². The van der Waals surface area contributed by atoms with Gasteiger partial charge < -0.3 is 9.15 Å². The smallest absolute Gasteiger partial charge is 0.310 e. The molecule has 0 fully saturated rings. The van der Waals surface area contributed by atoms with Crippen LogP contribution in [0.4, 0.5) is 0 Å². The number of carbonyl (C=O) groups excluding carboxylic acids is 1. The Morgan fingerprint density at radius 1 is 1.70 bits per heavy atom. The largest absolute Gasteiger partial charge is 0.413 e. The molecule has 0 unspecified atom stereocenters. The Morgan fingerprint density at radius 3 is 2.80 bits per heavy atom. The monoisotopic (exact) mass is 160 g/mol. The lowest BCUT2D eigenvalue weighted by Gasteiger charge is -1.91. The Bertz CT molecular complexity index is 241. The lowest BCUT2D eigenvalue weighted by Crippen LogP contribution is -1.99. The molecule has 3 nitrogen and oxygen atoms in total. The zero-order valence-corrected chi connectivity index (χ0v) is 6.01. The Balaban J connectivity index is 2.67. The van der Waals surface area contributed by atoms with Gasteiger partial charge in [-0.25, -0.2) is 0 Å². The molecule has 10 heavy (non-hydrogen) atoms. The van der Waals surface area contributed by atoms with Crippen LogP contribution in [0.15, 0.2) is 16.5 Å². The SMILES string of the molecule is CC(=O)Oc1ccc(Cl)o1. The molecule has 4 heteroatoms. The van der Waals surface area contributed by atoms with Crippen LogP contribution in [-0.4, -0.2) is 5.97 Å². The van der Waals surface area contributed by atoms with Gasteiger partial charge in [0.15, 0.2) is 5.22 Å². The first-order valence-corrected chi connectivity index (χ1v) is 3.00. The van der Waals surface area contributed by atoms with E-state index >= 15 is 0 Å². The molecule has 0 amide bonds. The molecular formula is C6H5ClO3. The van der Waals surface area contributed by atoms with Crippen molar-refractivity contribution in [2.45, 2.75) is 6.92 Å². The first kappa shape index (κ1) is 7.15. The average Bonchev–Trinajstić information content (AvgIpc) is 2.13. The van der Waals surface area contributed by atoms with E-state index in [1.165, 1.54) is 19.1 Å². The molecule has 0 atom stereocenters. The maximum Gasteiger partial charge on any atom is 0.310 e. The average molecular weight is 161 g/mol. The lowest BCUT2D eigenvalue weighted by atomic mass is 10.6. The number of ether oxygens (including phenoxy) is 1. The van der Waals surface area contributed by atoms with Crippen molar-refractivity contribution in [3.05, 3.63) is 17.4 Å².